The van der Waals surface area contributed by atoms with Crippen molar-refractivity contribution in [1.29, 1.82) is 0 Å². The smallest absolute Gasteiger partial charge is 0.137 e. The van der Waals surface area contributed by atoms with Gasteiger partial charge in [0, 0.05) is 32.2 Å². The zero-order valence-electron chi connectivity index (χ0n) is 16.6. The second kappa shape index (κ2) is 8.95. The third-order valence-corrected chi connectivity index (χ3v) is 4.39. The molecule has 0 aliphatic carbocycles. The molecule has 0 bridgehead atoms. The highest BCUT2D eigenvalue weighted by molar-refractivity contribution is 5.92. The van der Waals surface area contributed by atoms with E-state index in [0.717, 1.165) is 39.2 Å². The van der Waals surface area contributed by atoms with Crippen molar-refractivity contribution in [1.82, 2.24) is 15.0 Å². The van der Waals surface area contributed by atoms with Crippen LogP contribution in [0.5, 0.6) is 0 Å². The molecular formula is C23H25N5. The summed E-state index contributed by atoms with van der Waals surface area (Å²) in [5.41, 5.74) is 4.12. The summed E-state index contributed by atoms with van der Waals surface area (Å²) in [5.74, 6) is 1.75. The zero-order valence-corrected chi connectivity index (χ0v) is 16.6. The molecule has 0 fully saturated rings. The van der Waals surface area contributed by atoms with Crippen molar-refractivity contribution in [2.24, 2.45) is 0 Å². The number of fused-ring (bicyclic) bond motifs is 1. The number of benzene rings is 1. The minimum atomic E-state index is 0.647. The van der Waals surface area contributed by atoms with Gasteiger partial charge in [0.2, 0.25) is 0 Å². The molecule has 1 aromatic carbocycles. The van der Waals surface area contributed by atoms with Gasteiger partial charge < -0.3 is 10.2 Å². The first-order chi connectivity index (χ1) is 13.6. The van der Waals surface area contributed by atoms with E-state index in [1.165, 1.54) is 0 Å². The largest absolute Gasteiger partial charge is 0.365 e. The molecule has 5 heteroatoms. The summed E-state index contributed by atoms with van der Waals surface area (Å²) in [6.45, 7) is 6.55. The number of anilines is 2. The van der Waals surface area contributed by atoms with E-state index in [0.29, 0.717) is 6.54 Å². The minimum absolute atomic E-state index is 0.647. The van der Waals surface area contributed by atoms with Gasteiger partial charge in [0.15, 0.2) is 0 Å². The molecule has 0 amide bonds. The fraction of sp³-hybridized carbons (Fsp3) is 0.174. The molecule has 5 nitrogen and oxygen atoms in total. The lowest BCUT2D eigenvalue weighted by Crippen LogP contribution is -2.11. The van der Waals surface area contributed by atoms with Crippen LogP contribution in [0.15, 0.2) is 73.7 Å². The molecule has 0 unspecified atom stereocenters. The van der Waals surface area contributed by atoms with Crippen molar-refractivity contribution in [2.75, 3.05) is 24.3 Å². The first-order valence-corrected chi connectivity index (χ1v) is 9.19. The summed E-state index contributed by atoms with van der Waals surface area (Å²) in [6.07, 6.45) is 11.4. The molecule has 28 heavy (non-hydrogen) atoms. The Morgan fingerprint density at radius 3 is 2.68 bits per heavy atom. The molecule has 2 aromatic heterocycles. The number of nitrogens with zero attached hydrogens (tertiary/aromatic N) is 4. The highest BCUT2D eigenvalue weighted by Crippen LogP contribution is 2.25. The maximum atomic E-state index is 4.45. The molecule has 0 saturated heterocycles. The number of nitrogens with one attached hydrogen (secondary N) is 1. The Labute approximate surface area is 166 Å². The summed E-state index contributed by atoms with van der Waals surface area (Å²) in [4.78, 5) is 15.3. The van der Waals surface area contributed by atoms with Crippen LogP contribution in [-0.2, 0) is 6.54 Å². The third kappa shape index (κ3) is 4.43. The van der Waals surface area contributed by atoms with E-state index in [4.69, 9.17) is 0 Å². The first-order valence-electron chi connectivity index (χ1n) is 9.19. The van der Waals surface area contributed by atoms with E-state index >= 15 is 0 Å². The van der Waals surface area contributed by atoms with Gasteiger partial charge in [-0.1, -0.05) is 43.0 Å². The highest BCUT2D eigenvalue weighted by atomic mass is 15.1. The molecule has 0 aliphatic rings. The van der Waals surface area contributed by atoms with Crippen molar-refractivity contribution in [3.8, 4) is 0 Å². The first kappa shape index (κ1) is 19.3. The lowest BCUT2D eigenvalue weighted by atomic mass is 10.0. The lowest BCUT2D eigenvalue weighted by Gasteiger charge is -2.12. The summed E-state index contributed by atoms with van der Waals surface area (Å²) in [5, 5.41) is 4.38. The molecule has 0 aliphatic heterocycles. The van der Waals surface area contributed by atoms with E-state index in [9.17, 15) is 0 Å². The van der Waals surface area contributed by atoms with Crippen LogP contribution in [0.2, 0.25) is 0 Å². The zero-order chi connectivity index (χ0) is 19.9. The predicted molar refractivity (Wildman–Crippen MR) is 118 cm³/mol. The monoisotopic (exact) mass is 371 g/mol. The number of hydrogen-bond acceptors (Lipinski definition) is 5. The standard InChI is InChI=1S/C23H25N5/c1-5-7-8-18(6-2)19-10-11-20-21(13-19)26-16-27-23(20)25-15-17-9-12-22(24-14-17)28(3)4/h5-14,16H,2,15H2,1,3-4H3,(H,25,26,27)/b7-5-,18-8+. The van der Waals surface area contributed by atoms with Gasteiger partial charge in [0.25, 0.3) is 0 Å². The van der Waals surface area contributed by atoms with Crippen LogP contribution in [0, 0.1) is 0 Å². The molecule has 3 aromatic rings. The van der Waals surface area contributed by atoms with Gasteiger partial charge in [0.05, 0.1) is 5.52 Å². The van der Waals surface area contributed by atoms with Crippen LogP contribution in [0.1, 0.15) is 18.1 Å². The number of allylic oxidation sites excluding steroid dienone is 5. The van der Waals surface area contributed by atoms with Crippen molar-refractivity contribution < 1.29 is 0 Å². The van der Waals surface area contributed by atoms with E-state index in [1.807, 2.05) is 68.6 Å². The number of hydrogen-bond donors (Lipinski definition) is 1. The van der Waals surface area contributed by atoms with Crippen LogP contribution in [0.25, 0.3) is 16.5 Å². The molecule has 0 saturated carbocycles. The van der Waals surface area contributed by atoms with Gasteiger partial charge in [-0.05, 0) is 41.8 Å². The Kier molecular flexibility index (Phi) is 6.17. The van der Waals surface area contributed by atoms with E-state index < -0.39 is 0 Å². The van der Waals surface area contributed by atoms with Crippen molar-refractivity contribution in [3.63, 3.8) is 0 Å². The summed E-state index contributed by atoms with van der Waals surface area (Å²) >= 11 is 0. The van der Waals surface area contributed by atoms with Gasteiger partial charge >= 0.3 is 0 Å². The molecule has 2 heterocycles. The normalized spacial score (nSPS) is 11.8. The lowest BCUT2D eigenvalue weighted by molar-refractivity contribution is 1.03. The van der Waals surface area contributed by atoms with Crippen LogP contribution in [0.4, 0.5) is 11.6 Å². The Morgan fingerprint density at radius 2 is 2.00 bits per heavy atom. The van der Waals surface area contributed by atoms with Crippen LogP contribution in [0.3, 0.4) is 0 Å². The average Bonchev–Trinajstić information content (AvgIpc) is 2.72. The van der Waals surface area contributed by atoms with Crippen molar-refractivity contribution >= 4 is 28.1 Å². The van der Waals surface area contributed by atoms with E-state index in [2.05, 4.69) is 45.0 Å². The summed E-state index contributed by atoms with van der Waals surface area (Å²) < 4.78 is 0. The SMILES string of the molecule is C=C/C(=C\C=C/C)c1ccc2c(NCc3ccc(N(C)C)nc3)ncnc2c1. The maximum Gasteiger partial charge on any atom is 0.137 e. The van der Waals surface area contributed by atoms with Gasteiger partial charge in [-0.2, -0.15) is 0 Å². The summed E-state index contributed by atoms with van der Waals surface area (Å²) in [7, 11) is 3.96. The maximum absolute atomic E-state index is 4.45. The number of pyridine rings is 1. The number of rotatable bonds is 7. The Balaban J connectivity index is 1.83. The van der Waals surface area contributed by atoms with Gasteiger partial charge in [-0.25, -0.2) is 15.0 Å². The summed E-state index contributed by atoms with van der Waals surface area (Å²) in [6, 6.07) is 10.3. The van der Waals surface area contributed by atoms with Crippen LogP contribution < -0.4 is 10.2 Å². The van der Waals surface area contributed by atoms with Crippen molar-refractivity contribution in [2.45, 2.75) is 13.5 Å². The quantitative estimate of drug-likeness (QED) is 0.602. The fourth-order valence-electron chi connectivity index (χ4n) is 2.83. The average molecular weight is 371 g/mol. The Hall–Kier alpha value is -3.47. The molecule has 0 spiro atoms. The van der Waals surface area contributed by atoms with Gasteiger partial charge in [-0.15, -0.1) is 0 Å². The van der Waals surface area contributed by atoms with E-state index in [-0.39, 0.29) is 0 Å². The van der Waals surface area contributed by atoms with Crippen LogP contribution in [-0.4, -0.2) is 29.0 Å². The van der Waals surface area contributed by atoms with Crippen LogP contribution >= 0.6 is 0 Å². The topological polar surface area (TPSA) is 53.9 Å². The second-order valence-electron chi connectivity index (χ2n) is 6.58. The molecule has 1 N–H and O–H groups in total. The second-order valence-corrected chi connectivity index (χ2v) is 6.58. The third-order valence-electron chi connectivity index (χ3n) is 4.39. The minimum Gasteiger partial charge on any atom is -0.365 e. The number of aromatic nitrogens is 3. The van der Waals surface area contributed by atoms with Gasteiger partial charge in [0.1, 0.15) is 18.0 Å². The fourth-order valence-corrected chi connectivity index (χ4v) is 2.83. The van der Waals surface area contributed by atoms with Crippen molar-refractivity contribution in [3.05, 3.63) is 84.9 Å². The Bertz CT molecular complexity index is 1020. The van der Waals surface area contributed by atoms with Gasteiger partial charge in [-0.3, -0.25) is 0 Å². The molecular weight excluding hydrogens is 346 g/mol. The predicted octanol–water partition coefficient (Wildman–Crippen LogP) is 4.85. The molecule has 142 valence electrons. The molecule has 3 rings (SSSR count). The molecule has 0 radical (unpaired) electrons. The van der Waals surface area contributed by atoms with E-state index in [1.54, 1.807) is 6.33 Å². The highest BCUT2D eigenvalue weighted by Gasteiger charge is 2.06. The Morgan fingerprint density at radius 1 is 1.14 bits per heavy atom. The molecule has 0 atom stereocenters.